The molecule has 0 spiro atoms. The van der Waals surface area contributed by atoms with Gasteiger partial charge in [0.2, 0.25) is 5.91 Å². The van der Waals surface area contributed by atoms with Gasteiger partial charge in [0.15, 0.2) is 6.61 Å². The minimum atomic E-state index is -0.668. The molecule has 190 valence electrons. The highest BCUT2D eigenvalue weighted by molar-refractivity contribution is 5.88. The molecule has 0 fully saturated rings. The standard InChI is InChI=1S/C31H38N2O3/c1-5-24(4)32-31(35)28(20-25-14-8-6-9-15-25)33(21-26-16-10-7-11-17-26)30(34)22-36-29-19-13-12-18-27(29)23(2)3/h6-19,23-24,28H,5,20-22H2,1-4H3,(H,32,35)/t24-,28+/m0/s1. The quantitative estimate of drug-likeness (QED) is 0.355. The Morgan fingerprint density at radius 2 is 1.42 bits per heavy atom. The van der Waals surface area contributed by atoms with Crippen molar-refractivity contribution in [3.8, 4) is 5.75 Å². The number of carbonyl (C=O) groups excluding carboxylic acids is 2. The summed E-state index contributed by atoms with van der Waals surface area (Å²) >= 11 is 0. The fraction of sp³-hybridized carbons (Fsp3) is 0.355. The Kier molecular flexibility index (Phi) is 10.1. The molecule has 0 aliphatic heterocycles. The molecule has 5 nitrogen and oxygen atoms in total. The summed E-state index contributed by atoms with van der Waals surface area (Å²) < 4.78 is 6.04. The second kappa shape index (κ2) is 13.5. The van der Waals surface area contributed by atoms with Crippen molar-refractivity contribution < 1.29 is 14.3 Å². The van der Waals surface area contributed by atoms with Gasteiger partial charge in [-0.3, -0.25) is 9.59 Å². The zero-order valence-electron chi connectivity index (χ0n) is 21.8. The molecule has 0 saturated heterocycles. The number of rotatable bonds is 12. The molecule has 0 saturated carbocycles. The fourth-order valence-electron chi connectivity index (χ4n) is 4.09. The number of benzene rings is 3. The Morgan fingerprint density at radius 1 is 0.833 bits per heavy atom. The van der Waals surface area contributed by atoms with E-state index in [0.29, 0.717) is 18.7 Å². The predicted octanol–water partition coefficient (Wildman–Crippen LogP) is 5.74. The van der Waals surface area contributed by atoms with Crippen LogP contribution in [0, 0.1) is 0 Å². The van der Waals surface area contributed by atoms with Gasteiger partial charge < -0.3 is 15.0 Å². The summed E-state index contributed by atoms with van der Waals surface area (Å²) in [5.74, 6) is 0.589. The van der Waals surface area contributed by atoms with Gasteiger partial charge in [0, 0.05) is 19.0 Å². The third-order valence-corrected chi connectivity index (χ3v) is 6.36. The first kappa shape index (κ1) is 27.0. The van der Waals surface area contributed by atoms with E-state index < -0.39 is 6.04 Å². The number of carbonyl (C=O) groups is 2. The van der Waals surface area contributed by atoms with Gasteiger partial charge >= 0.3 is 0 Å². The van der Waals surface area contributed by atoms with Crippen LogP contribution in [0.4, 0.5) is 0 Å². The summed E-state index contributed by atoms with van der Waals surface area (Å²) in [7, 11) is 0. The van der Waals surface area contributed by atoms with E-state index in [9.17, 15) is 9.59 Å². The Hall–Kier alpha value is -3.60. The third-order valence-electron chi connectivity index (χ3n) is 6.36. The van der Waals surface area contributed by atoms with Gasteiger partial charge in [-0.1, -0.05) is 99.6 Å². The van der Waals surface area contributed by atoms with Gasteiger partial charge in [-0.15, -0.1) is 0 Å². The van der Waals surface area contributed by atoms with Gasteiger partial charge in [-0.05, 0) is 42.0 Å². The highest BCUT2D eigenvalue weighted by Gasteiger charge is 2.31. The normalized spacial score (nSPS) is 12.6. The van der Waals surface area contributed by atoms with Crippen molar-refractivity contribution in [2.24, 2.45) is 0 Å². The SMILES string of the molecule is CC[C@H](C)NC(=O)[C@@H](Cc1ccccc1)N(Cc1ccccc1)C(=O)COc1ccccc1C(C)C. The van der Waals surface area contributed by atoms with Crippen LogP contribution in [-0.4, -0.2) is 35.4 Å². The Morgan fingerprint density at radius 3 is 2.03 bits per heavy atom. The van der Waals surface area contributed by atoms with Crippen molar-refractivity contribution >= 4 is 11.8 Å². The van der Waals surface area contributed by atoms with Gasteiger partial charge in [-0.2, -0.15) is 0 Å². The first-order chi connectivity index (χ1) is 17.4. The molecule has 5 heteroatoms. The van der Waals surface area contributed by atoms with Gasteiger partial charge in [0.1, 0.15) is 11.8 Å². The van der Waals surface area contributed by atoms with E-state index in [-0.39, 0.29) is 30.4 Å². The maximum Gasteiger partial charge on any atom is 0.261 e. The highest BCUT2D eigenvalue weighted by atomic mass is 16.5. The molecule has 2 atom stereocenters. The summed E-state index contributed by atoms with van der Waals surface area (Å²) in [6.07, 6.45) is 1.23. The van der Waals surface area contributed by atoms with E-state index in [1.165, 1.54) is 0 Å². The van der Waals surface area contributed by atoms with Crippen LogP contribution < -0.4 is 10.1 Å². The van der Waals surface area contributed by atoms with Crippen LogP contribution in [0.15, 0.2) is 84.9 Å². The van der Waals surface area contributed by atoms with Gasteiger partial charge in [0.05, 0.1) is 0 Å². The Bertz CT molecular complexity index is 1100. The first-order valence-electron chi connectivity index (χ1n) is 12.8. The summed E-state index contributed by atoms with van der Waals surface area (Å²) in [5.41, 5.74) is 3.01. The summed E-state index contributed by atoms with van der Waals surface area (Å²) in [6, 6.07) is 26.7. The lowest BCUT2D eigenvalue weighted by molar-refractivity contribution is -0.143. The molecule has 0 aliphatic rings. The smallest absolute Gasteiger partial charge is 0.261 e. The first-order valence-corrected chi connectivity index (χ1v) is 12.8. The number of para-hydroxylation sites is 1. The van der Waals surface area contributed by atoms with Crippen molar-refractivity contribution in [3.63, 3.8) is 0 Å². The van der Waals surface area contributed by atoms with Gasteiger partial charge in [-0.25, -0.2) is 0 Å². The van der Waals surface area contributed by atoms with Crippen molar-refractivity contribution in [2.75, 3.05) is 6.61 Å². The van der Waals surface area contributed by atoms with Crippen LogP contribution in [0.2, 0.25) is 0 Å². The van der Waals surface area contributed by atoms with Crippen LogP contribution in [0.3, 0.4) is 0 Å². The van der Waals surface area contributed by atoms with E-state index in [1.807, 2.05) is 98.8 Å². The maximum atomic E-state index is 13.7. The number of amides is 2. The molecule has 0 radical (unpaired) electrons. The minimum absolute atomic E-state index is 0.0126. The molecule has 0 bridgehead atoms. The molecule has 36 heavy (non-hydrogen) atoms. The average molecular weight is 487 g/mol. The Labute approximate surface area is 215 Å². The highest BCUT2D eigenvalue weighted by Crippen LogP contribution is 2.26. The zero-order valence-corrected chi connectivity index (χ0v) is 21.8. The Balaban J connectivity index is 1.91. The molecule has 0 aliphatic carbocycles. The van der Waals surface area contributed by atoms with Crippen molar-refractivity contribution in [1.29, 1.82) is 0 Å². The predicted molar refractivity (Wildman–Crippen MR) is 145 cm³/mol. The number of hydrogen-bond donors (Lipinski definition) is 1. The van der Waals surface area contributed by atoms with Crippen LogP contribution in [0.1, 0.15) is 56.7 Å². The summed E-state index contributed by atoms with van der Waals surface area (Å²) in [4.78, 5) is 28.9. The van der Waals surface area contributed by atoms with Crippen LogP contribution in [0.25, 0.3) is 0 Å². The molecule has 0 unspecified atom stereocenters. The molecular formula is C31H38N2O3. The molecule has 3 rings (SSSR count). The van der Waals surface area contributed by atoms with Crippen molar-refractivity contribution in [1.82, 2.24) is 10.2 Å². The zero-order chi connectivity index (χ0) is 25.9. The molecule has 3 aromatic carbocycles. The van der Waals surface area contributed by atoms with E-state index >= 15 is 0 Å². The van der Waals surface area contributed by atoms with Crippen LogP contribution in [0.5, 0.6) is 5.75 Å². The van der Waals surface area contributed by atoms with Crippen LogP contribution in [-0.2, 0) is 22.6 Å². The lowest BCUT2D eigenvalue weighted by Crippen LogP contribution is -2.53. The average Bonchev–Trinajstić information content (AvgIpc) is 2.90. The summed E-state index contributed by atoms with van der Waals surface area (Å²) in [6.45, 7) is 8.39. The third kappa shape index (κ3) is 7.70. The van der Waals surface area contributed by atoms with E-state index in [2.05, 4.69) is 19.2 Å². The lowest BCUT2D eigenvalue weighted by atomic mass is 10.0. The van der Waals surface area contributed by atoms with Crippen molar-refractivity contribution in [2.45, 2.75) is 65.1 Å². The summed E-state index contributed by atoms with van der Waals surface area (Å²) in [5, 5.41) is 3.10. The largest absolute Gasteiger partial charge is 0.483 e. The second-order valence-corrected chi connectivity index (χ2v) is 9.51. The van der Waals surface area contributed by atoms with Crippen molar-refractivity contribution in [3.05, 3.63) is 102 Å². The number of nitrogens with zero attached hydrogens (tertiary/aromatic N) is 1. The topological polar surface area (TPSA) is 58.6 Å². The van der Waals surface area contributed by atoms with E-state index in [4.69, 9.17) is 4.74 Å². The molecule has 0 heterocycles. The number of ether oxygens (including phenoxy) is 1. The monoisotopic (exact) mass is 486 g/mol. The fourth-order valence-corrected chi connectivity index (χ4v) is 4.09. The molecule has 2 amide bonds. The molecule has 0 aromatic heterocycles. The van der Waals surface area contributed by atoms with Crippen LogP contribution >= 0.6 is 0 Å². The second-order valence-electron chi connectivity index (χ2n) is 9.51. The molecule has 1 N–H and O–H groups in total. The maximum absolute atomic E-state index is 13.7. The van der Waals surface area contributed by atoms with Gasteiger partial charge in [0.25, 0.3) is 5.91 Å². The van der Waals surface area contributed by atoms with E-state index in [1.54, 1.807) is 4.90 Å². The lowest BCUT2D eigenvalue weighted by Gasteiger charge is -2.32. The number of nitrogens with one attached hydrogen (secondary N) is 1. The molecular weight excluding hydrogens is 448 g/mol. The number of hydrogen-bond acceptors (Lipinski definition) is 3. The van der Waals surface area contributed by atoms with E-state index in [0.717, 1.165) is 23.1 Å². The molecule has 3 aromatic rings. The minimum Gasteiger partial charge on any atom is -0.483 e.